The third-order valence-corrected chi connectivity index (χ3v) is 6.21. The normalized spacial score (nSPS) is 34.2. The molecule has 5 nitrogen and oxygen atoms in total. The highest BCUT2D eigenvalue weighted by Gasteiger charge is 2.30. The predicted molar refractivity (Wildman–Crippen MR) is 81.9 cm³/mol. The van der Waals surface area contributed by atoms with Crippen molar-refractivity contribution in [3.05, 3.63) is 0 Å². The van der Waals surface area contributed by atoms with Crippen LogP contribution in [0.5, 0.6) is 0 Å². The molecule has 2 heterocycles. The third kappa shape index (κ3) is 4.16. The molecule has 0 aromatic carbocycles. The molecule has 0 aliphatic carbocycles. The molecule has 3 unspecified atom stereocenters. The summed E-state index contributed by atoms with van der Waals surface area (Å²) in [6, 6.07) is 0. The number of nitrogens with two attached hydrogens (primary N) is 1. The predicted octanol–water partition coefficient (Wildman–Crippen LogP) is 0.575. The van der Waals surface area contributed by atoms with Crippen molar-refractivity contribution in [1.82, 2.24) is 9.21 Å². The molecule has 3 atom stereocenters. The van der Waals surface area contributed by atoms with Crippen LogP contribution in [-0.2, 0) is 10.0 Å². The molecule has 0 amide bonds. The van der Waals surface area contributed by atoms with Crippen molar-refractivity contribution in [2.24, 2.45) is 23.5 Å². The van der Waals surface area contributed by atoms with Crippen molar-refractivity contribution in [3.8, 4) is 0 Å². The Morgan fingerprint density at radius 1 is 1.20 bits per heavy atom. The first-order valence-corrected chi connectivity index (χ1v) is 9.62. The summed E-state index contributed by atoms with van der Waals surface area (Å²) in [6.07, 6.45) is 4.65. The Balaban J connectivity index is 1.85. The number of likely N-dealkylation sites (tertiary alicyclic amines) is 1. The molecule has 2 saturated heterocycles. The number of hydrogen-bond acceptors (Lipinski definition) is 4. The van der Waals surface area contributed by atoms with E-state index in [2.05, 4.69) is 11.8 Å². The lowest BCUT2D eigenvalue weighted by atomic mass is 9.86. The highest BCUT2D eigenvalue weighted by Crippen LogP contribution is 2.25. The molecular weight excluding hydrogens is 274 g/mol. The summed E-state index contributed by atoms with van der Waals surface area (Å²) in [5, 5.41) is 0. The summed E-state index contributed by atoms with van der Waals surface area (Å²) in [6.45, 7) is 7.73. The fraction of sp³-hybridized carbons (Fsp3) is 1.00. The number of nitrogens with zero attached hydrogens (tertiary/aromatic N) is 2. The van der Waals surface area contributed by atoms with E-state index in [0.717, 1.165) is 39.0 Å². The number of hydrogen-bond donors (Lipinski definition) is 1. The molecule has 2 aliphatic rings. The fourth-order valence-corrected chi connectivity index (χ4v) is 4.58. The quantitative estimate of drug-likeness (QED) is 0.825. The Bertz CT molecular complexity index is 413. The van der Waals surface area contributed by atoms with Gasteiger partial charge in [0, 0.05) is 26.2 Å². The van der Waals surface area contributed by atoms with Gasteiger partial charge in [-0.3, -0.25) is 0 Å². The Kier molecular flexibility index (Phi) is 5.45. The lowest BCUT2D eigenvalue weighted by Gasteiger charge is -2.40. The molecule has 0 spiro atoms. The molecular formula is C14H29N3O2S. The maximum atomic E-state index is 11.7. The van der Waals surface area contributed by atoms with Crippen LogP contribution in [0.1, 0.15) is 26.2 Å². The number of sulfonamides is 1. The summed E-state index contributed by atoms with van der Waals surface area (Å²) in [7, 11) is -3.02. The van der Waals surface area contributed by atoms with Gasteiger partial charge in [0.25, 0.3) is 0 Å². The van der Waals surface area contributed by atoms with Crippen molar-refractivity contribution in [1.29, 1.82) is 0 Å². The van der Waals surface area contributed by atoms with Crippen molar-refractivity contribution < 1.29 is 8.42 Å². The zero-order chi connectivity index (χ0) is 14.8. The molecule has 2 fully saturated rings. The van der Waals surface area contributed by atoms with Crippen molar-refractivity contribution in [3.63, 3.8) is 0 Å². The van der Waals surface area contributed by atoms with Gasteiger partial charge in [-0.05, 0) is 50.1 Å². The van der Waals surface area contributed by atoms with Crippen LogP contribution in [0.4, 0.5) is 0 Å². The van der Waals surface area contributed by atoms with Gasteiger partial charge in [0.2, 0.25) is 10.0 Å². The number of piperidine rings is 2. The van der Waals surface area contributed by atoms with E-state index < -0.39 is 10.0 Å². The van der Waals surface area contributed by atoms with Crippen molar-refractivity contribution in [2.75, 3.05) is 45.5 Å². The zero-order valence-corrected chi connectivity index (χ0v) is 13.6. The molecule has 6 heteroatoms. The maximum Gasteiger partial charge on any atom is 0.211 e. The standard InChI is InChI=1S/C14H29N3O2S/c1-12-9-16(7-5-14(12)8-15)10-13-4-3-6-17(11-13)20(2,18)19/h12-14H,3-11,15H2,1-2H3. The van der Waals surface area contributed by atoms with Crippen LogP contribution < -0.4 is 5.73 Å². The molecule has 2 aliphatic heterocycles. The van der Waals surface area contributed by atoms with Gasteiger partial charge in [-0.15, -0.1) is 0 Å². The van der Waals surface area contributed by atoms with Crippen LogP contribution in [0.15, 0.2) is 0 Å². The summed E-state index contributed by atoms with van der Waals surface area (Å²) < 4.78 is 25.0. The van der Waals surface area contributed by atoms with Crippen LogP contribution in [-0.4, -0.2) is 63.1 Å². The van der Waals surface area contributed by atoms with Gasteiger partial charge in [-0.25, -0.2) is 12.7 Å². The maximum absolute atomic E-state index is 11.7. The topological polar surface area (TPSA) is 66.6 Å². The van der Waals surface area contributed by atoms with Gasteiger partial charge in [0.05, 0.1) is 6.26 Å². The number of rotatable bonds is 4. The SMILES string of the molecule is CC1CN(CC2CCCN(S(C)(=O)=O)C2)CCC1CN. The third-order valence-electron chi connectivity index (χ3n) is 4.94. The van der Waals surface area contributed by atoms with Crippen molar-refractivity contribution in [2.45, 2.75) is 26.2 Å². The molecule has 0 radical (unpaired) electrons. The Morgan fingerprint density at radius 2 is 1.95 bits per heavy atom. The van der Waals surface area contributed by atoms with Gasteiger partial charge in [-0.1, -0.05) is 6.92 Å². The smallest absolute Gasteiger partial charge is 0.211 e. The summed E-state index contributed by atoms with van der Waals surface area (Å²) in [4.78, 5) is 2.51. The van der Waals surface area contributed by atoms with E-state index in [4.69, 9.17) is 5.73 Å². The van der Waals surface area contributed by atoms with E-state index in [1.165, 1.54) is 12.7 Å². The minimum atomic E-state index is -3.02. The van der Waals surface area contributed by atoms with E-state index in [-0.39, 0.29) is 0 Å². The summed E-state index contributed by atoms with van der Waals surface area (Å²) in [5.41, 5.74) is 5.80. The first-order valence-electron chi connectivity index (χ1n) is 7.77. The molecule has 0 saturated carbocycles. The van der Waals surface area contributed by atoms with Gasteiger partial charge >= 0.3 is 0 Å². The second kappa shape index (κ2) is 6.73. The van der Waals surface area contributed by atoms with Crippen molar-refractivity contribution >= 4 is 10.0 Å². The molecule has 0 aromatic heterocycles. The van der Waals surface area contributed by atoms with E-state index in [9.17, 15) is 8.42 Å². The van der Waals surface area contributed by atoms with E-state index in [0.29, 0.717) is 30.8 Å². The highest BCUT2D eigenvalue weighted by atomic mass is 32.2. The Morgan fingerprint density at radius 3 is 2.55 bits per heavy atom. The van der Waals surface area contributed by atoms with Crippen LogP contribution in [0, 0.1) is 17.8 Å². The largest absolute Gasteiger partial charge is 0.330 e. The summed E-state index contributed by atoms with van der Waals surface area (Å²) in [5.74, 6) is 1.80. The van der Waals surface area contributed by atoms with Crippen LogP contribution in [0.25, 0.3) is 0 Å². The van der Waals surface area contributed by atoms with Crippen LogP contribution in [0.2, 0.25) is 0 Å². The van der Waals surface area contributed by atoms with Crippen LogP contribution >= 0.6 is 0 Å². The van der Waals surface area contributed by atoms with E-state index >= 15 is 0 Å². The Hall–Kier alpha value is -0.170. The molecule has 118 valence electrons. The summed E-state index contributed by atoms with van der Waals surface area (Å²) >= 11 is 0. The monoisotopic (exact) mass is 303 g/mol. The van der Waals surface area contributed by atoms with Crippen LogP contribution in [0.3, 0.4) is 0 Å². The average molecular weight is 303 g/mol. The second-order valence-corrected chi connectivity index (χ2v) is 8.63. The molecule has 0 bridgehead atoms. The highest BCUT2D eigenvalue weighted by molar-refractivity contribution is 7.88. The fourth-order valence-electron chi connectivity index (χ4n) is 3.64. The zero-order valence-electron chi connectivity index (χ0n) is 12.8. The minimum Gasteiger partial charge on any atom is -0.330 e. The van der Waals surface area contributed by atoms with Gasteiger partial charge in [-0.2, -0.15) is 0 Å². The lowest BCUT2D eigenvalue weighted by Crippen LogP contribution is -2.47. The lowest BCUT2D eigenvalue weighted by molar-refractivity contribution is 0.101. The minimum absolute atomic E-state index is 0.486. The molecule has 0 aromatic rings. The van der Waals surface area contributed by atoms with E-state index in [1.807, 2.05) is 0 Å². The molecule has 20 heavy (non-hydrogen) atoms. The van der Waals surface area contributed by atoms with Gasteiger partial charge in [0.15, 0.2) is 0 Å². The molecule has 2 rings (SSSR count). The Labute approximate surface area is 123 Å². The van der Waals surface area contributed by atoms with Gasteiger partial charge in [0.1, 0.15) is 0 Å². The average Bonchev–Trinajstić information content (AvgIpc) is 2.38. The first-order chi connectivity index (χ1) is 9.40. The van der Waals surface area contributed by atoms with Gasteiger partial charge < -0.3 is 10.6 Å². The van der Waals surface area contributed by atoms with E-state index in [1.54, 1.807) is 4.31 Å². The molecule has 2 N–H and O–H groups in total. The first kappa shape index (κ1) is 16.2. The second-order valence-electron chi connectivity index (χ2n) is 6.65.